The summed E-state index contributed by atoms with van der Waals surface area (Å²) in [6.07, 6.45) is 0. The molecule has 0 spiro atoms. The van der Waals surface area contributed by atoms with Gasteiger partial charge in [0.2, 0.25) is 0 Å². The molecule has 0 saturated carbocycles. The van der Waals surface area contributed by atoms with E-state index < -0.39 is 0 Å². The van der Waals surface area contributed by atoms with Gasteiger partial charge in [0.05, 0.1) is 0 Å². The average Bonchev–Trinajstić information content (AvgIpc) is 2.58. The van der Waals surface area contributed by atoms with E-state index in [1.165, 1.54) is 0 Å². The number of nitrogens with zero attached hydrogens (tertiary/aromatic N) is 2. The Labute approximate surface area is 102 Å². The predicted octanol–water partition coefficient (Wildman–Crippen LogP) is 2.92. The molecule has 1 aromatic heterocycles. The standard InChI is InChI=1S/C14H18N2O/c1-10-6-5-7-11(2)14(10)17-9-13-8-12(3)16(4)15-13/h5-8H,9H2,1-4H3. The Morgan fingerprint density at radius 2 is 1.82 bits per heavy atom. The van der Waals surface area contributed by atoms with Crippen molar-refractivity contribution in [2.75, 3.05) is 0 Å². The van der Waals surface area contributed by atoms with Crippen molar-refractivity contribution in [3.63, 3.8) is 0 Å². The van der Waals surface area contributed by atoms with Crippen LogP contribution in [-0.2, 0) is 13.7 Å². The summed E-state index contributed by atoms with van der Waals surface area (Å²) in [5, 5.41) is 4.38. The molecule has 3 heteroatoms. The van der Waals surface area contributed by atoms with Gasteiger partial charge in [-0.05, 0) is 38.0 Å². The zero-order chi connectivity index (χ0) is 12.4. The minimum atomic E-state index is 0.521. The van der Waals surface area contributed by atoms with Crippen molar-refractivity contribution in [2.24, 2.45) is 7.05 Å². The highest BCUT2D eigenvalue weighted by Crippen LogP contribution is 2.23. The van der Waals surface area contributed by atoms with E-state index in [0.29, 0.717) is 6.61 Å². The lowest BCUT2D eigenvalue weighted by molar-refractivity contribution is 0.296. The Kier molecular flexibility index (Phi) is 3.18. The van der Waals surface area contributed by atoms with Crippen LogP contribution in [0.15, 0.2) is 24.3 Å². The van der Waals surface area contributed by atoms with Crippen LogP contribution in [0.1, 0.15) is 22.5 Å². The minimum Gasteiger partial charge on any atom is -0.487 e. The monoisotopic (exact) mass is 230 g/mol. The Balaban J connectivity index is 2.12. The highest BCUT2D eigenvalue weighted by molar-refractivity contribution is 5.39. The average molecular weight is 230 g/mol. The second kappa shape index (κ2) is 4.62. The number of ether oxygens (including phenoxy) is 1. The molecule has 17 heavy (non-hydrogen) atoms. The zero-order valence-electron chi connectivity index (χ0n) is 10.8. The van der Waals surface area contributed by atoms with Gasteiger partial charge in [-0.2, -0.15) is 5.10 Å². The van der Waals surface area contributed by atoms with Gasteiger partial charge in [-0.25, -0.2) is 0 Å². The number of aromatic nitrogens is 2. The number of rotatable bonds is 3. The van der Waals surface area contributed by atoms with Crippen LogP contribution in [0.25, 0.3) is 0 Å². The van der Waals surface area contributed by atoms with Crippen molar-refractivity contribution < 1.29 is 4.74 Å². The molecule has 0 fully saturated rings. The van der Waals surface area contributed by atoms with Crippen LogP contribution >= 0.6 is 0 Å². The van der Waals surface area contributed by atoms with Crippen molar-refractivity contribution in [1.82, 2.24) is 9.78 Å². The van der Waals surface area contributed by atoms with Gasteiger partial charge >= 0.3 is 0 Å². The Morgan fingerprint density at radius 1 is 1.18 bits per heavy atom. The highest BCUT2D eigenvalue weighted by atomic mass is 16.5. The van der Waals surface area contributed by atoms with Crippen molar-refractivity contribution in [3.05, 3.63) is 46.8 Å². The largest absolute Gasteiger partial charge is 0.487 e. The summed E-state index contributed by atoms with van der Waals surface area (Å²) in [6.45, 7) is 6.68. The van der Waals surface area contributed by atoms with Crippen LogP contribution in [0.3, 0.4) is 0 Å². The molecule has 3 nitrogen and oxygen atoms in total. The van der Waals surface area contributed by atoms with E-state index in [0.717, 1.165) is 28.3 Å². The SMILES string of the molecule is Cc1cccc(C)c1OCc1cc(C)n(C)n1. The Hall–Kier alpha value is -1.77. The molecule has 0 N–H and O–H groups in total. The number of para-hydroxylation sites is 1. The normalized spacial score (nSPS) is 10.6. The van der Waals surface area contributed by atoms with E-state index in [2.05, 4.69) is 31.1 Å². The van der Waals surface area contributed by atoms with Gasteiger partial charge in [-0.15, -0.1) is 0 Å². The smallest absolute Gasteiger partial charge is 0.132 e. The fraction of sp³-hybridized carbons (Fsp3) is 0.357. The maximum atomic E-state index is 5.85. The third-order valence-corrected chi connectivity index (χ3v) is 2.94. The lowest BCUT2D eigenvalue weighted by Gasteiger charge is -2.10. The summed E-state index contributed by atoms with van der Waals surface area (Å²) in [5.74, 6) is 0.968. The summed E-state index contributed by atoms with van der Waals surface area (Å²) in [4.78, 5) is 0. The first-order valence-electron chi connectivity index (χ1n) is 5.76. The molecule has 0 aliphatic heterocycles. The summed E-state index contributed by atoms with van der Waals surface area (Å²) >= 11 is 0. The van der Waals surface area contributed by atoms with Crippen LogP contribution < -0.4 is 4.74 Å². The van der Waals surface area contributed by atoms with E-state index in [1.807, 2.05) is 30.8 Å². The minimum absolute atomic E-state index is 0.521. The van der Waals surface area contributed by atoms with Gasteiger partial charge in [0.1, 0.15) is 18.1 Å². The molecule has 90 valence electrons. The number of hydrogen-bond donors (Lipinski definition) is 0. The van der Waals surface area contributed by atoms with Gasteiger partial charge in [-0.1, -0.05) is 18.2 Å². The molecule has 2 aromatic rings. The van der Waals surface area contributed by atoms with E-state index in [-0.39, 0.29) is 0 Å². The Bertz CT molecular complexity index is 489. The van der Waals surface area contributed by atoms with Gasteiger partial charge < -0.3 is 4.74 Å². The van der Waals surface area contributed by atoms with Crippen LogP contribution in [0.5, 0.6) is 5.75 Å². The molecule has 2 rings (SSSR count). The lowest BCUT2D eigenvalue weighted by Crippen LogP contribution is -2.00. The molecule has 0 aliphatic rings. The number of aryl methyl sites for hydroxylation is 4. The molecule has 0 amide bonds. The molecular weight excluding hydrogens is 212 g/mol. The fourth-order valence-electron chi connectivity index (χ4n) is 1.88. The molecule has 0 unspecified atom stereocenters. The molecule has 0 atom stereocenters. The van der Waals surface area contributed by atoms with Crippen LogP contribution in [0.4, 0.5) is 0 Å². The van der Waals surface area contributed by atoms with Gasteiger partial charge in [0.15, 0.2) is 0 Å². The lowest BCUT2D eigenvalue weighted by atomic mass is 10.1. The number of benzene rings is 1. The zero-order valence-corrected chi connectivity index (χ0v) is 10.8. The van der Waals surface area contributed by atoms with E-state index in [9.17, 15) is 0 Å². The van der Waals surface area contributed by atoms with E-state index in [4.69, 9.17) is 4.74 Å². The highest BCUT2D eigenvalue weighted by Gasteiger charge is 2.06. The topological polar surface area (TPSA) is 27.1 Å². The molecule has 0 aliphatic carbocycles. The van der Waals surface area contributed by atoms with Gasteiger partial charge in [0.25, 0.3) is 0 Å². The second-order valence-electron chi connectivity index (χ2n) is 4.41. The molecule has 0 saturated heterocycles. The van der Waals surface area contributed by atoms with Crippen molar-refractivity contribution >= 4 is 0 Å². The van der Waals surface area contributed by atoms with E-state index in [1.54, 1.807) is 0 Å². The van der Waals surface area contributed by atoms with Crippen LogP contribution in [0.2, 0.25) is 0 Å². The van der Waals surface area contributed by atoms with Crippen molar-refractivity contribution in [3.8, 4) is 5.75 Å². The molecule has 0 radical (unpaired) electrons. The fourth-order valence-corrected chi connectivity index (χ4v) is 1.88. The van der Waals surface area contributed by atoms with Crippen molar-refractivity contribution in [1.29, 1.82) is 0 Å². The quantitative estimate of drug-likeness (QED) is 0.810. The first-order valence-corrected chi connectivity index (χ1v) is 5.76. The summed E-state index contributed by atoms with van der Waals surface area (Å²) < 4.78 is 7.71. The predicted molar refractivity (Wildman–Crippen MR) is 68.2 cm³/mol. The summed E-state index contributed by atoms with van der Waals surface area (Å²) in [7, 11) is 1.94. The van der Waals surface area contributed by atoms with Crippen molar-refractivity contribution in [2.45, 2.75) is 27.4 Å². The van der Waals surface area contributed by atoms with E-state index >= 15 is 0 Å². The third-order valence-electron chi connectivity index (χ3n) is 2.94. The van der Waals surface area contributed by atoms with Crippen LogP contribution in [-0.4, -0.2) is 9.78 Å². The van der Waals surface area contributed by atoms with Gasteiger partial charge in [0, 0.05) is 12.7 Å². The first kappa shape index (κ1) is 11.7. The maximum Gasteiger partial charge on any atom is 0.132 e. The molecule has 0 bridgehead atoms. The maximum absolute atomic E-state index is 5.85. The summed E-state index contributed by atoms with van der Waals surface area (Å²) in [6, 6.07) is 8.22. The molecule has 1 aromatic carbocycles. The second-order valence-corrected chi connectivity index (χ2v) is 4.41. The number of hydrogen-bond acceptors (Lipinski definition) is 2. The Morgan fingerprint density at radius 3 is 2.35 bits per heavy atom. The third kappa shape index (κ3) is 2.49. The molecular formula is C14H18N2O. The first-order chi connectivity index (χ1) is 8.08. The molecule has 1 heterocycles. The van der Waals surface area contributed by atoms with Gasteiger partial charge in [-0.3, -0.25) is 4.68 Å². The summed E-state index contributed by atoms with van der Waals surface area (Å²) in [5.41, 5.74) is 4.44. The van der Waals surface area contributed by atoms with Crippen LogP contribution in [0, 0.1) is 20.8 Å².